The van der Waals surface area contributed by atoms with Crippen LogP contribution in [-0.4, -0.2) is 15.0 Å². The van der Waals surface area contributed by atoms with Crippen LogP contribution in [0, 0.1) is 0 Å². The summed E-state index contributed by atoms with van der Waals surface area (Å²) < 4.78 is 5.72. The number of nitrogens with one attached hydrogen (secondary N) is 1. The van der Waals surface area contributed by atoms with Crippen LogP contribution in [0.1, 0.15) is 16.7 Å². The number of fused-ring (bicyclic) bond motifs is 1. The van der Waals surface area contributed by atoms with Gasteiger partial charge in [-0.05, 0) is 41.0 Å². The molecule has 0 atom stereocenters. The average Bonchev–Trinajstić information content (AvgIpc) is 3.04. The highest BCUT2D eigenvalue weighted by molar-refractivity contribution is 6.30. The molecule has 0 spiro atoms. The van der Waals surface area contributed by atoms with Gasteiger partial charge in [-0.25, -0.2) is 9.97 Å². The molecule has 0 amide bonds. The molecule has 124 valence electrons. The van der Waals surface area contributed by atoms with Gasteiger partial charge in [-0.2, -0.15) is 0 Å². The van der Waals surface area contributed by atoms with E-state index in [0.29, 0.717) is 17.5 Å². The second-order valence-corrected chi connectivity index (χ2v) is 6.25. The van der Waals surface area contributed by atoms with Crippen molar-refractivity contribution in [1.29, 1.82) is 0 Å². The summed E-state index contributed by atoms with van der Waals surface area (Å²) in [7, 11) is 0. The Bertz CT molecular complexity index is 995. The molecule has 4 rings (SSSR count). The normalized spacial score (nSPS) is 10.9. The standard InChI is InChI=1S/C20H16ClN3O/c21-17-4-1-3-15(10-17)13-25-19-7-6-14(11-23-19)9-16-12-24-20-18(16)5-2-8-22-20/h1-8,10-12H,9,13H2,(H,22,24). The Kier molecular flexibility index (Phi) is 4.36. The molecule has 1 N–H and O–H groups in total. The van der Waals surface area contributed by atoms with Gasteiger partial charge in [0.05, 0.1) is 0 Å². The zero-order valence-corrected chi connectivity index (χ0v) is 14.2. The molecule has 0 aliphatic heterocycles. The number of hydrogen-bond acceptors (Lipinski definition) is 3. The van der Waals surface area contributed by atoms with E-state index in [9.17, 15) is 0 Å². The molecule has 0 radical (unpaired) electrons. The Balaban J connectivity index is 1.43. The summed E-state index contributed by atoms with van der Waals surface area (Å²) >= 11 is 5.98. The highest BCUT2D eigenvalue weighted by Gasteiger charge is 2.06. The molecule has 1 aromatic carbocycles. The summed E-state index contributed by atoms with van der Waals surface area (Å²) in [5.74, 6) is 0.601. The highest BCUT2D eigenvalue weighted by Crippen LogP contribution is 2.20. The topological polar surface area (TPSA) is 50.8 Å². The van der Waals surface area contributed by atoms with Crippen molar-refractivity contribution < 1.29 is 4.74 Å². The molecule has 0 bridgehead atoms. The number of rotatable bonds is 5. The Morgan fingerprint density at radius 2 is 1.96 bits per heavy atom. The first-order valence-electron chi connectivity index (χ1n) is 8.01. The summed E-state index contributed by atoms with van der Waals surface area (Å²) in [6, 6.07) is 15.6. The Hall–Kier alpha value is -2.85. The number of aromatic nitrogens is 3. The van der Waals surface area contributed by atoms with Gasteiger partial charge in [0.25, 0.3) is 0 Å². The van der Waals surface area contributed by atoms with E-state index >= 15 is 0 Å². The van der Waals surface area contributed by atoms with Crippen molar-refractivity contribution in [2.45, 2.75) is 13.0 Å². The van der Waals surface area contributed by atoms with E-state index in [1.165, 1.54) is 5.56 Å². The van der Waals surface area contributed by atoms with Gasteiger partial charge in [0.1, 0.15) is 12.3 Å². The number of ether oxygens (including phenoxy) is 1. The fourth-order valence-corrected chi connectivity index (χ4v) is 2.98. The Labute approximate surface area is 150 Å². The second kappa shape index (κ2) is 6.95. The van der Waals surface area contributed by atoms with Crippen molar-refractivity contribution in [2.75, 3.05) is 0 Å². The quantitative estimate of drug-likeness (QED) is 0.564. The molecule has 0 aliphatic rings. The van der Waals surface area contributed by atoms with E-state index in [-0.39, 0.29) is 0 Å². The fraction of sp³-hybridized carbons (Fsp3) is 0.100. The zero-order valence-electron chi connectivity index (χ0n) is 13.4. The monoisotopic (exact) mass is 349 g/mol. The number of benzene rings is 1. The van der Waals surface area contributed by atoms with Gasteiger partial charge in [0.15, 0.2) is 0 Å². The molecule has 5 heteroatoms. The Morgan fingerprint density at radius 1 is 1.00 bits per heavy atom. The van der Waals surface area contributed by atoms with Crippen LogP contribution in [0.15, 0.2) is 67.1 Å². The highest BCUT2D eigenvalue weighted by atomic mass is 35.5. The first-order chi connectivity index (χ1) is 12.3. The van der Waals surface area contributed by atoms with Gasteiger partial charge < -0.3 is 9.72 Å². The minimum Gasteiger partial charge on any atom is -0.473 e. The lowest BCUT2D eigenvalue weighted by Crippen LogP contribution is -1.98. The van der Waals surface area contributed by atoms with E-state index < -0.39 is 0 Å². The number of hydrogen-bond donors (Lipinski definition) is 1. The molecule has 0 unspecified atom stereocenters. The van der Waals surface area contributed by atoms with E-state index in [1.54, 1.807) is 6.20 Å². The summed E-state index contributed by atoms with van der Waals surface area (Å²) in [6.45, 7) is 0.445. The van der Waals surface area contributed by atoms with Crippen molar-refractivity contribution in [3.63, 3.8) is 0 Å². The van der Waals surface area contributed by atoms with Crippen LogP contribution >= 0.6 is 11.6 Å². The predicted molar refractivity (Wildman–Crippen MR) is 98.9 cm³/mol. The van der Waals surface area contributed by atoms with Crippen molar-refractivity contribution in [1.82, 2.24) is 15.0 Å². The maximum atomic E-state index is 5.98. The molecular weight excluding hydrogens is 334 g/mol. The molecule has 0 fully saturated rings. The third-order valence-corrected chi connectivity index (χ3v) is 4.24. The molecule has 4 aromatic rings. The largest absolute Gasteiger partial charge is 0.473 e. The summed E-state index contributed by atoms with van der Waals surface area (Å²) in [6.07, 6.45) is 6.44. The molecular formula is C20H16ClN3O. The van der Waals surface area contributed by atoms with Crippen LogP contribution in [0.2, 0.25) is 5.02 Å². The van der Waals surface area contributed by atoms with Crippen LogP contribution in [0.4, 0.5) is 0 Å². The van der Waals surface area contributed by atoms with Crippen LogP contribution in [0.5, 0.6) is 5.88 Å². The molecule has 25 heavy (non-hydrogen) atoms. The lowest BCUT2D eigenvalue weighted by atomic mass is 10.1. The van der Waals surface area contributed by atoms with E-state index in [4.69, 9.17) is 16.3 Å². The van der Waals surface area contributed by atoms with E-state index in [2.05, 4.69) is 21.0 Å². The molecule has 0 saturated carbocycles. The van der Waals surface area contributed by atoms with Crippen molar-refractivity contribution in [2.24, 2.45) is 0 Å². The maximum absolute atomic E-state index is 5.98. The number of aromatic amines is 1. The van der Waals surface area contributed by atoms with Crippen molar-refractivity contribution in [3.05, 3.63) is 88.8 Å². The van der Waals surface area contributed by atoms with E-state index in [1.807, 2.05) is 54.9 Å². The number of H-pyrrole nitrogens is 1. The van der Waals surface area contributed by atoms with Gasteiger partial charge >= 0.3 is 0 Å². The third-order valence-electron chi connectivity index (χ3n) is 4.00. The lowest BCUT2D eigenvalue weighted by Gasteiger charge is -2.07. The summed E-state index contributed by atoms with van der Waals surface area (Å²) in [5, 5.41) is 1.85. The third kappa shape index (κ3) is 3.64. The Morgan fingerprint density at radius 3 is 2.80 bits per heavy atom. The van der Waals surface area contributed by atoms with Gasteiger partial charge in [-0.3, -0.25) is 0 Å². The van der Waals surface area contributed by atoms with Gasteiger partial charge in [0, 0.05) is 41.5 Å². The van der Waals surface area contributed by atoms with Gasteiger partial charge in [0.2, 0.25) is 5.88 Å². The van der Waals surface area contributed by atoms with Gasteiger partial charge in [-0.1, -0.05) is 29.8 Å². The second-order valence-electron chi connectivity index (χ2n) is 5.81. The molecule has 0 aliphatic carbocycles. The first kappa shape index (κ1) is 15.7. The number of nitrogens with zero attached hydrogens (tertiary/aromatic N) is 2. The summed E-state index contributed by atoms with van der Waals surface area (Å²) in [5.41, 5.74) is 4.26. The van der Waals surface area contributed by atoms with Crippen LogP contribution in [0.25, 0.3) is 11.0 Å². The molecule has 3 heterocycles. The molecule has 3 aromatic heterocycles. The summed E-state index contributed by atoms with van der Waals surface area (Å²) in [4.78, 5) is 11.9. The minimum absolute atomic E-state index is 0.445. The van der Waals surface area contributed by atoms with E-state index in [0.717, 1.165) is 28.6 Å². The fourth-order valence-electron chi connectivity index (χ4n) is 2.76. The SMILES string of the molecule is Clc1cccc(COc2ccc(Cc3c[nH]c4ncccc34)cn2)c1. The number of pyridine rings is 2. The lowest BCUT2D eigenvalue weighted by molar-refractivity contribution is 0.294. The van der Waals surface area contributed by atoms with Crippen molar-refractivity contribution >= 4 is 22.6 Å². The zero-order chi connectivity index (χ0) is 17.1. The first-order valence-corrected chi connectivity index (χ1v) is 8.39. The maximum Gasteiger partial charge on any atom is 0.213 e. The van der Waals surface area contributed by atoms with Crippen molar-refractivity contribution in [3.8, 4) is 5.88 Å². The van der Waals surface area contributed by atoms with Crippen LogP contribution < -0.4 is 4.74 Å². The smallest absolute Gasteiger partial charge is 0.213 e. The molecule has 0 saturated heterocycles. The minimum atomic E-state index is 0.445. The predicted octanol–water partition coefficient (Wildman–Crippen LogP) is 4.78. The van der Waals surface area contributed by atoms with Crippen LogP contribution in [0.3, 0.4) is 0 Å². The van der Waals surface area contributed by atoms with Gasteiger partial charge in [-0.15, -0.1) is 0 Å². The average molecular weight is 350 g/mol. The number of halogens is 1. The molecule has 4 nitrogen and oxygen atoms in total. The van der Waals surface area contributed by atoms with Crippen LogP contribution in [-0.2, 0) is 13.0 Å².